The minimum absolute atomic E-state index is 0.0989. The first kappa shape index (κ1) is 10.1. The first-order chi connectivity index (χ1) is 6.63. The highest BCUT2D eigenvalue weighted by molar-refractivity contribution is 5.93. The third-order valence-electron chi connectivity index (χ3n) is 1.46. The number of hydrogen-bond acceptors (Lipinski definition) is 5. The molecular formula is C8H9N3O3. The second kappa shape index (κ2) is 4.31. The summed E-state index contributed by atoms with van der Waals surface area (Å²) in [5.41, 5.74) is 0.389. The summed E-state index contributed by atoms with van der Waals surface area (Å²) in [6.07, 6.45) is 2.02. The number of amides is 1. The van der Waals surface area contributed by atoms with Crippen LogP contribution in [0, 0.1) is 0 Å². The molecule has 0 saturated carbocycles. The van der Waals surface area contributed by atoms with Gasteiger partial charge in [0.2, 0.25) is 5.95 Å². The molecule has 6 heteroatoms. The molecule has 6 nitrogen and oxygen atoms in total. The minimum Gasteiger partial charge on any atom is -0.453 e. The van der Waals surface area contributed by atoms with Gasteiger partial charge in [-0.15, -0.1) is 0 Å². The third-order valence-corrected chi connectivity index (χ3v) is 1.46. The normalized spacial score (nSPS) is 9.29. The first-order valence-corrected chi connectivity index (χ1v) is 3.81. The number of rotatable bonds is 2. The number of carbonyl (C=O) groups is 2. The van der Waals surface area contributed by atoms with Gasteiger partial charge in [-0.3, -0.25) is 10.1 Å². The van der Waals surface area contributed by atoms with Gasteiger partial charge in [-0.2, -0.15) is 0 Å². The van der Waals surface area contributed by atoms with Crippen molar-refractivity contribution >= 4 is 17.8 Å². The molecule has 0 atom stereocenters. The van der Waals surface area contributed by atoms with Crippen LogP contribution in [0.25, 0.3) is 0 Å². The van der Waals surface area contributed by atoms with E-state index in [1.807, 2.05) is 0 Å². The second-order valence-electron chi connectivity index (χ2n) is 2.47. The van der Waals surface area contributed by atoms with Crippen molar-refractivity contribution in [1.82, 2.24) is 9.97 Å². The fraction of sp³-hybridized carbons (Fsp3) is 0.250. The summed E-state index contributed by atoms with van der Waals surface area (Å²) >= 11 is 0. The monoisotopic (exact) mass is 195 g/mol. The van der Waals surface area contributed by atoms with Crippen LogP contribution < -0.4 is 5.32 Å². The van der Waals surface area contributed by atoms with Gasteiger partial charge >= 0.3 is 6.09 Å². The van der Waals surface area contributed by atoms with Crippen molar-refractivity contribution in [3.8, 4) is 0 Å². The van der Waals surface area contributed by atoms with Crippen molar-refractivity contribution in [3.05, 3.63) is 18.0 Å². The molecule has 1 aromatic rings. The van der Waals surface area contributed by atoms with Crippen LogP contribution in [0.3, 0.4) is 0 Å². The van der Waals surface area contributed by atoms with E-state index in [1.54, 1.807) is 0 Å². The van der Waals surface area contributed by atoms with E-state index in [9.17, 15) is 9.59 Å². The Balaban J connectivity index is 2.73. The van der Waals surface area contributed by atoms with Crippen LogP contribution in [0.15, 0.2) is 12.4 Å². The highest BCUT2D eigenvalue weighted by Crippen LogP contribution is 2.00. The van der Waals surface area contributed by atoms with Gasteiger partial charge < -0.3 is 4.74 Å². The predicted octanol–water partition coefficient (Wildman–Crippen LogP) is 0.857. The second-order valence-corrected chi connectivity index (χ2v) is 2.47. The number of nitrogens with one attached hydrogen (secondary N) is 1. The van der Waals surface area contributed by atoms with E-state index in [-0.39, 0.29) is 11.7 Å². The Morgan fingerprint density at radius 3 is 2.36 bits per heavy atom. The van der Waals surface area contributed by atoms with Gasteiger partial charge in [0.1, 0.15) is 0 Å². The lowest BCUT2D eigenvalue weighted by Crippen LogP contribution is -2.13. The number of anilines is 1. The van der Waals surface area contributed by atoms with Gasteiger partial charge in [0.25, 0.3) is 0 Å². The highest BCUT2D eigenvalue weighted by Gasteiger charge is 2.04. The number of Topliss-reactive ketones (excluding diaryl/α,β-unsaturated/α-hetero) is 1. The minimum atomic E-state index is -0.652. The summed E-state index contributed by atoms with van der Waals surface area (Å²) in [6.45, 7) is 1.41. The number of aromatic nitrogens is 2. The molecule has 0 aliphatic carbocycles. The molecule has 1 N–H and O–H groups in total. The molecule has 1 aromatic heterocycles. The maximum atomic E-state index is 10.8. The first-order valence-electron chi connectivity index (χ1n) is 3.81. The van der Waals surface area contributed by atoms with Crippen LogP contribution in [-0.4, -0.2) is 29.0 Å². The lowest BCUT2D eigenvalue weighted by molar-refractivity contribution is 0.101. The molecule has 14 heavy (non-hydrogen) atoms. The standard InChI is InChI=1S/C8H9N3O3/c1-5(12)6-3-9-7(10-4-6)11-8(13)14-2/h3-4H,1-2H3,(H,9,10,11,13). The summed E-state index contributed by atoms with van der Waals surface area (Å²) in [7, 11) is 1.24. The Morgan fingerprint density at radius 1 is 1.36 bits per heavy atom. The Hall–Kier alpha value is -1.98. The Kier molecular flexibility index (Phi) is 3.11. The van der Waals surface area contributed by atoms with Gasteiger partial charge in [0.15, 0.2) is 5.78 Å². The summed E-state index contributed by atoms with van der Waals surface area (Å²) in [6, 6.07) is 0. The molecule has 0 radical (unpaired) electrons. The maximum absolute atomic E-state index is 10.8. The molecule has 0 aliphatic rings. The van der Waals surface area contributed by atoms with Crippen LogP contribution in [0.2, 0.25) is 0 Å². The molecule has 1 amide bonds. The van der Waals surface area contributed by atoms with E-state index in [1.165, 1.54) is 26.4 Å². The molecule has 0 fully saturated rings. The summed E-state index contributed by atoms with van der Waals surface area (Å²) in [5.74, 6) is -0.0310. The maximum Gasteiger partial charge on any atom is 0.413 e. The molecule has 0 aromatic carbocycles. The van der Waals surface area contributed by atoms with E-state index in [2.05, 4.69) is 20.0 Å². The van der Waals surface area contributed by atoms with Crippen LogP contribution in [0.4, 0.5) is 10.7 Å². The quantitative estimate of drug-likeness (QED) is 0.707. The molecule has 0 bridgehead atoms. The van der Waals surface area contributed by atoms with Crippen molar-refractivity contribution in [2.45, 2.75) is 6.92 Å². The molecular weight excluding hydrogens is 186 g/mol. The van der Waals surface area contributed by atoms with Crippen LogP contribution >= 0.6 is 0 Å². The summed E-state index contributed by atoms with van der Waals surface area (Å²) < 4.78 is 4.33. The average Bonchev–Trinajstić information content (AvgIpc) is 2.18. The number of ketones is 1. The topological polar surface area (TPSA) is 81.2 Å². The van der Waals surface area contributed by atoms with Crippen molar-refractivity contribution in [2.75, 3.05) is 12.4 Å². The predicted molar refractivity (Wildman–Crippen MR) is 48.1 cm³/mol. The van der Waals surface area contributed by atoms with Crippen molar-refractivity contribution in [2.24, 2.45) is 0 Å². The van der Waals surface area contributed by atoms with Gasteiger partial charge in [-0.05, 0) is 6.92 Å². The summed E-state index contributed by atoms with van der Waals surface area (Å²) in [5, 5.41) is 2.26. The third kappa shape index (κ3) is 2.51. The van der Waals surface area contributed by atoms with E-state index >= 15 is 0 Å². The van der Waals surface area contributed by atoms with E-state index < -0.39 is 6.09 Å². The van der Waals surface area contributed by atoms with Gasteiger partial charge in [0, 0.05) is 12.4 Å². The number of hydrogen-bond donors (Lipinski definition) is 1. The smallest absolute Gasteiger partial charge is 0.413 e. The van der Waals surface area contributed by atoms with Crippen LogP contribution in [0.5, 0.6) is 0 Å². The van der Waals surface area contributed by atoms with Gasteiger partial charge in [-0.1, -0.05) is 0 Å². The van der Waals surface area contributed by atoms with E-state index in [0.29, 0.717) is 5.56 Å². The van der Waals surface area contributed by atoms with Crippen molar-refractivity contribution < 1.29 is 14.3 Å². The fourth-order valence-electron chi connectivity index (χ4n) is 0.717. The fourth-order valence-corrected chi connectivity index (χ4v) is 0.717. The summed E-state index contributed by atoms with van der Waals surface area (Å²) in [4.78, 5) is 29.1. The Bertz CT molecular complexity index is 347. The number of carbonyl (C=O) groups excluding carboxylic acids is 2. The largest absolute Gasteiger partial charge is 0.453 e. The van der Waals surface area contributed by atoms with Crippen LogP contribution in [-0.2, 0) is 4.74 Å². The zero-order chi connectivity index (χ0) is 10.6. The molecule has 1 rings (SSSR count). The molecule has 74 valence electrons. The zero-order valence-corrected chi connectivity index (χ0v) is 7.77. The Morgan fingerprint density at radius 2 is 1.93 bits per heavy atom. The lowest BCUT2D eigenvalue weighted by atomic mass is 10.2. The zero-order valence-electron chi connectivity index (χ0n) is 7.77. The molecule has 1 heterocycles. The molecule has 0 saturated heterocycles. The van der Waals surface area contributed by atoms with Gasteiger partial charge in [0.05, 0.1) is 12.7 Å². The Labute approximate surface area is 80.3 Å². The molecule has 0 spiro atoms. The van der Waals surface area contributed by atoms with Gasteiger partial charge in [-0.25, -0.2) is 14.8 Å². The van der Waals surface area contributed by atoms with Crippen molar-refractivity contribution in [1.29, 1.82) is 0 Å². The number of methoxy groups -OCH3 is 1. The van der Waals surface area contributed by atoms with E-state index in [0.717, 1.165) is 0 Å². The average molecular weight is 195 g/mol. The highest BCUT2D eigenvalue weighted by atomic mass is 16.5. The molecule has 0 aliphatic heterocycles. The van der Waals surface area contributed by atoms with E-state index in [4.69, 9.17) is 0 Å². The number of nitrogens with zero attached hydrogens (tertiary/aromatic N) is 2. The van der Waals surface area contributed by atoms with Crippen molar-refractivity contribution in [3.63, 3.8) is 0 Å². The molecule has 0 unspecified atom stereocenters. The van der Waals surface area contributed by atoms with Crippen LogP contribution in [0.1, 0.15) is 17.3 Å². The number of ether oxygens (including phenoxy) is 1. The SMILES string of the molecule is COC(=O)Nc1ncc(C(C)=O)cn1. The lowest BCUT2D eigenvalue weighted by Gasteiger charge is -2.01.